The molecule has 0 bridgehead atoms. The number of fused-ring (bicyclic) bond motifs is 1. The van der Waals surface area contributed by atoms with Crippen LogP contribution in [0.1, 0.15) is 18.9 Å². The van der Waals surface area contributed by atoms with Crippen molar-refractivity contribution in [2.45, 2.75) is 19.8 Å². The number of aryl methyl sites for hydroxylation is 1. The Kier molecular flexibility index (Phi) is 6.14. The molecule has 0 fully saturated rings. The normalized spacial score (nSPS) is 10.9. The van der Waals surface area contributed by atoms with Crippen molar-refractivity contribution in [3.05, 3.63) is 54.1 Å². The fraction of sp³-hybridized carbons (Fsp3) is 0.318. The van der Waals surface area contributed by atoms with Crippen molar-refractivity contribution in [3.63, 3.8) is 0 Å². The largest absolute Gasteiger partial charge is 0.497 e. The Hall–Kier alpha value is -2.79. The van der Waals surface area contributed by atoms with Crippen molar-refractivity contribution in [2.24, 2.45) is 0 Å². The molecule has 1 heterocycles. The van der Waals surface area contributed by atoms with E-state index in [9.17, 15) is 4.79 Å². The molecule has 2 aromatic carbocycles. The van der Waals surface area contributed by atoms with Gasteiger partial charge in [-0.1, -0.05) is 18.2 Å². The van der Waals surface area contributed by atoms with E-state index in [0.29, 0.717) is 25.9 Å². The lowest BCUT2D eigenvalue weighted by Gasteiger charge is -2.19. The van der Waals surface area contributed by atoms with Gasteiger partial charge in [-0.05, 0) is 54.8 Å². The Morgan fingerprint density at radius 3 is 2.56 bits per heavy atom. The molecule has 27 heavy (non-hydrogen) atoms. The van der Waals surface area contributed by atoms with Gasteiger partial charge in [-0.2, -0.15) is 0 Å². The van der Waals surface area contributed by atoms with E-state index in [2.05, 4.69) is 17.1 Å². The molecule has 0 spiro atoms. The number of H-pyrrole nitrogens is 1. The van der Waals surface area contributed by atoms with E-state index in [4.69, 9.17) is 9.84 Å². The van der Waals surface area contributed by atoms with Gasteiger partial charge in [0.2, 0.25) is 5.91 Å². The van der Waals surface area contributed by atoms with Crippen LogP contribution in [0, 0.1) is 0 Å². The fourth-order valence-electron chi connectivity index (χ4n) is 3.43. The summed E-state index contributed by atoms with van der Waals surface area (Å²) in [7, 11) is 1.65. The van der Waals surface area contributed by atoms with Crippen molar-refractivity contribution >= 4 is 16.8 Å². The van der Waals surface area contributed by atoms with Gasteiger partial charge in [0.1, 0.15) is 5.75 Å². The highest BCUT2D eigenvalue weighted by molar-refractivity contribution is 5.91. The van der Waals surface area contributed by atoms with Crippen molar-refractivity contribution in [2.75, 3.05) is 26.8 Å². The summed E-state index contributed by atoms with van der Waals surface area (Å²) < 4.78 is 5.25. The summed E-state index contributed by atoms with van der Waals surface area (Å²) in [6, 6.07) is 16.1. The van der Waals surface area contributed by atoms with Crippen LogP contribution in [0.2, 0.25) is 0 Å². The van der Waals surface area contributed by atoms with Gasteiger partial charge < -0.3 is 19.7 Å². The first-order valence-electron chi connectivity index (χ1n) is 9.30. The Morgan fingerprint density at radius 2 is 1.89 bits per heavy atom. The minimum absolute atomic E-state index is 0.0102. The van der Waals surface area contributed by atoms with Gasteiger partial charge in [0, 0.05) is 36.1 Å². The van der Waals surface area contributed by atoms with Crippen LogP contribution < -0.4 is 4.74 Å². The quantitative estimate of drug-likeness (QED) is 0.640. The monoisotopic (exact) mass is 366 g/mol. The van der Waals surface area contributed by atoms with E-state index >= 15 is 0 Å². The molecule has 0 atom stereocenters. The number of benzene rings is 2. The van der Waals surface area contributed by atoms with Crippen LogP contribution in [0.15, 0.2) is 48.5 Å². The highest BCUT2D eigenvalue weighted by atomic mass is 16.5. The third-order valence-corrected chi connectivity index (χ3v) is 4.89. The average molecular weight is 366 g/mol. The van der Waals surface area contributed by atoms with E-state index in [0.717, 1.165) is 33.5 Å². The smallest absolute Gasteiger partial charge is 0.222 e. The SMILES string of the molecule is CCN(CCO)C(=O)CCc1c(-c2ccc(OC)cc2)[nH]c2ccccc12. The summed E-state index contributed by atoms with van der Waals surface area (Å²) in [5.74, 6) is 0.881. The third-order valence-electron chi connectivity index (χ3n) is 4.89. The number of aliphatic hydroxyl groups is 1. The van der Waals surface area contributed by atoms with Gasteiger partial charge in [0.15, 0.2) is 0 Å². The summed E-state index contributed by atoms with van der Waals surface area (Å²) in [5.41, 5.74) is 4.31. The van der Waals surface area contributed by atoms with Crippen LogP contribution in [-0.2, 0) is 11.2 Å². The Bertz CT molecular complexity index is 900. The van der Waals surface area contributed by atoms with Crippen LogP contribution in [0.5, 0.6) is 5.75 Å². The van der Waals surface area contributed by atoms with Crippen LogP contribution in [-0.4, -0.2) is 47.7 Å². The Morgan fingerprint density at radius 1 is 1.15 bits per heavy atom. The van der Waals surface area contributed by atoms with Crippen LogP contribution in [0.3, 0.4) is 0 Å². The number of para-hydroxylation sites is 1. The number of nitrogens with one attached hydrogen (secondary N) is 1. The molecule has 1 aromatic heterocycles. The molecule has 0 radical (unpaired) electrons. The number of aliphatic hydroxyl groups excluding tert-OH is 1. The van der Waals surface area contributed by atoms with Gasteiger partial charge >= 0.3 is 0 Å². The number of rotatable bonds is 8. The van der Waals surface area contributed by atoms with Gasteiger partial charge in [0.25, 0.3) is 0 Å². The number of ether oxygens (including phenoxy) is 1. The molecule has 0 aliphatic carbocycles. The van der Waals surface area contributed by atoms with E-state index in [1.807, 2.05) is 43.3 Å². The summed E-state index contributed by atoms with van der Waals surface area (Å²) in [4.78, 5) is 17.7. The van der Waals surface area contributed by atoms with Crippen LogP contribution in [0.4, 0.5) is 0 Å². The first kappa shape index (κ1) is 19.0. The number of hydrogen-bond acceptors (Lipinski definition) is 3. The second kappa shape index (κ2) is 8.73. The third kappa shape index (κ3) is 4.14. The number of carbonyl (C=O) groups is 1. The Labute approximate surface area is 159 Å². The molecule has 0 saturated heterocycles. The molecule has 0 aliphatic rings. The summed E-state index contributed by atoms with van der Waals surface area (Å²) >= 11 is 0. The lowest BCUT2D eigenvalue weighted by atomic mass is 10.0. The summed E-state index contributed by atoms with van der Waals surface area (Å²) in [5, 5.41) is 10.3. The maximum atomic E-state index is 12.5. The standard InChI is InChI=1S/C22H26N2O3/c1-3-24(14-15-25)21(26)13-12-19-18-6-4-5-7-20(18)23-22(19)16-8-10-17(27-2)11-9-16/h4-11,23,25H,3,12-15H2,1-2H3. The zero-order valence-electron chi connectivity index (χ0n) is 15.9. The second-order valence-electron chi connectivity index (χ2n) is 6.45. The zero-order chi connectivity index (χ0) is 19.2. The molecule has 2 N–H and O–H groups in total. The van der Waals surface area contributed by atoms with Gasteiger partial charge in [-0.15, -0.1) is 0 Å². The van der Waals surface area contributed by atoms with Gasteiger partial charge in [-0.25, -0.2) is 0 Å². The van der Waals surface area contributed by atoms with Gasteiger partial charge in [-0.3, -0.25) is 4.79 Å². The zero-order valence-corrected chi connectivity index (χ0v) is 15.9. The molecular formula is C22H26N2O3. The molecule has 142 valence electrons. The molecule has 5 heteroatoms. The highest BCUT2D eigenvalue weighted by Gasteiger charge is 2.16. The maximum absolute atomic E-state index is 12.5. The molecule has 0 aliphatic heterocycles. The first-order valence-corrected chi connectivity index (χ1v) is 9.30. The lowest BCUT2D eigenvalue weighted by molar-refractivity contribution is -0.131. The average Bonchev–Trinajstić information content (AvgIpc) is 3.08. The number of methoxy groups -OCH3 is 1. The van der Waals surface area contributed by atoms with Crippen LogP contribution >= 0.6 is 0 Å². The number of likely N-dealkylation sites (N-methyl/N-ethyl adjacent to an activating group) is 1. The fourth-order valence-corrected chi connectivity index (χ4v) is 3.43. The molecule has 1 amide bonds. The molecule has 3 rings (SSSR count). The van der Waals surface area contributed by atoms with Crippen LogP contribution in [0.25, 0.3) is 22.2 Å². The number of amides is 1. The highest BCUT2D eigenvalue weighted by Crippen LogP contribution is 2.32. The molecule has 5 nitrogen and oxygen atoms in total. The molecule has 0 unspecified atom stereocenters. The van der Waals surface area contributed by atoms with E-state index in [-0.39, 0.29) is 12.5 Å². The summed E-state index contributed by atoms with van der Waals surface area (Å²) in [6.07, 6.45) is 1.06. The predicted octanol–water partition coefficient (Wildman–Crippen LogP) is 3.62. The molecule has 0 saturated carbocycles. The summed E-state index contributed by atoms with van der Waals surface area (Å²) in [6.45, 7) is 2.92. The number of aromatic amines is 1. The Balaban J connectivity index is 1.92. The van der Waals surface area contributed by atoms with Crippen molar-refractivity contribution in [1.29, 1.82) is 0 Å². The van der Waals surface area contributed by atoms with E-state index < -0.39 is 0 Å². The van der Waals surface area contributed by atoms with E-state index in [1.165, 1.54) is 0 Å². The lowest BCUT2D eigenvalue weighted by Crippen LogP contribution is -2.33. The van der Waals surface area contributed by atoms with Crippen molar-refractivity contribution in [3.8, 4) is 17.0 Å². The van der Waals surface area contributed by atoms with Crippen molar-refractivity contribution < 1.29 is 14.6 Å². The number of nitrogens with zero attached hydrogens (tertiary/aromatic N) is 1. The second-order valence-corrected chi connectivity index (χ2v) is 6.45. The molecular weight excluding hydrogens is 340 g/mol. The minimum atomic E-state index is -0.0102. The maximum Gasteiger partial charge on any atom is 0.222 e. The van der Waals surface area contributed by atoms with Crippen molar-refractivity contribution in [1.82, 2.24) is 9.88 Å². The topological polar surface area (TPSA) is 65.6 Å². The van der Waals surface area contributed by atoms with Gasteiger partial charge in [0.05, 0.1) is 13.7 Å². The predicted molar refractivity (Wildman–Crippen MR) is 108 cm³/mol. The molecule has 3 aromatic rings. The van der Waals surface area contributed by atoms with E-state index in [1.54, 1.807) is 12.0 Å². The first-order chi connectivity index (χ1) is 13.2. The minimum Gasteiger partial charge on any atom is -0.497 e. The number of aromatic nitrogens is 1. The number of hydrogen-bond donors (Lipinski definition) is 2. The number of carbonyl (C=O) groups excluding carboxylic acids is 1.